The zero-order chi connectivity index (χ0) is 32.0. The average molecular weight is 651 g/mol. The van der Waals surface area contributed by atoms with Gasteiger partial charge in [0.25, 0.3) is 0 Å². The van der Waals surface area contributed by atoms with Crippen LogP contribution in [-0.4, -0.2) is 9.55 Å². The Bertz CT molecular complexity index is 2520. The van der Waals surface area contributed by atoms with Crippen molar-refractivity contribution in [2.24, 2.45) is 0 Å². The van der Waals surface area contributed by atoms with E-state index in [1.807, 2.05) is 23.5 Å². The van der Waals surface area contributed by atoms with Crippen molar-refractivity contribution in [1.29, 1.82) is 0 Å². The molecule has 2 aromatic heterocycles. The fraction of sp³-hybridized carbons (Fsp3) is 0.0682. The highest BCUT2D eigenvalue weighted by molar-refractivity contribution is 8.05. The molecule has 2 nitrogen and oxygen atoms in total. The minimum atomic E-state index is -0.147. The van der Waals surface area contributed by atoms with Gasteiger partial charge in [0.2, 0.25) is 0 Å². The molecule has 0 atom stereocenters. The second-order valence-electron chi connectivity index (χ2n) is 13.2. The molecule has 0 fully saturated rings. The fourth-order valence-electron chi connectivity index (χ4n) is 7.65. The summed E-state index contributed by atoms with van der Waals surface area (Å²) in [6, 6.07) is 53.0. The first-order valence-corrected chi connectivity index (χ1v) is 18.0. The van der Waals surface area contributed by atoms with Gasteiger partial charge in [0.05, 0.1) is 16.7 Å². The highest BCUT2D eigenvalue weighted by Gasteiger charge is 2.38. The van der Waals surface area contributed by atoms with E-state index in [1.165, 1.54) is 69.2 Å². The normalized spacial score (nSPS) is 14.0. The van der Waals surface area contributed by atoms with Crippen LogP contribution in [0.2, 0.25) is 0 Å². The Morgan fingerprint density at radius 1 is 0.479 bits per heavy atom. The molecule has 10 rings (SSSR count). The second-order valence-corrected chi connectivity index (χ2v) is 15.4. The highest BCUT2D eigenvalue weighted by atomic mass is 32.2. The van der Waals surface area contributed by atoms with Crippen molar-refractivity contribution in [2.75, 3.05) is 0 Å². The molecule has 0 saturated carbocycles. The molecule has 1 aliphatic carbocycles. The van der Waals surface area contributed by atoms with Crippen molar-refractivity contribution in [3.8, 4) is 39.3 Å². The largest absolute Gasteiger partial charge is 0.294 e. The van der Waals surface area contributed by atoms with Crippen LogP contribution < -0.4 is 0 Å². The minimum Gasteiger partial charge on any atom is -0.294 e. The number of aromatic nitrogens is 2. The third-order valence-corrected chi connectivity index (χ3v) is 12.6. The lowest BCUT2D eigenvalue weighted by molar-refractivity contribution is 0.658. The summed E-state index contributed by atoms with van der Waals surface area (Å²) in [5.41, 5.74) is 12.1. The monoisotopic (exact) mass is 650 g/mol. The van der Waals surface area contributed by atoms with Gasteiger partial charge in [-0.2, -0.15) is 0 Å². The van der Waals surface area contributed by atoms with Gasteiger partial charge in [-0.15, -0.1) is 0 Å². The maximum Gasteiger partial charge on any atom is 0.138 e. The van der Waals surface area contributed by atoms with Crippen LogP contribution >= 0.6 is 23.5 Å². The molecule has 228 valence electrons. The summed E-state index contributed by atoms with van der Waals surface area (Å²) in [6.07, 6.45) is 0. The first-order valence-electron chi connectivity index (χ1n) is 16.4. The van der Waals surface area contributed by atoms with Crippen molar-refractivity contribution in [3.63, 3.8) is 0 Å². The molecule has 3 heterocycles. The van der Waals surface area contributed by atoms with Crippen molar-refractivity contribution in [3.05, 3.63) is 157 Å². The standard InChI is InChI=1S/C44H30N2S2/c1-44(2)34-25-38-33(23-31(34)32-24-41-42(26-35(32)44)48-40-20-12-11-19-39(40)47-41)30-17-9-10-18-37(30)46(38)43-22-29(27-13-5-3-6-14-27)21-36(45-43)28-15-7-4-8-16-28/h3-26H,1-2H3. The maximum absolute atomic E-state index is 5.37. The number of benzene rings is 6. The highest BCUT2D eigenvalue weighted by Crippen LogP contribution is 2.56. The van der Waals surface area contributed by atoms with E-state index in [9.17, 15) is 0 Å². The van der Waals surface area contributed by atoms with E-state index in [-0.39, 0.29) is 5.41 Å². The summed E-state index contributed by atoms with van der Waals surface area (Å²) < 4.78 is 2.39. The number of hydrogen-bond acceptors (Lipinski definition) is 3. The first kappa shape index (κ1) is 28.0. The molecule has 1 aliphatic heterocycles. The van der Waals surface area contributed by atoms with Crippen molar-refractivity contribution >= 4 is 45.3 Å². The van der Waals surface area contributed by atoms with Gasteiger partial charge in [-0.25, -0.2) is 4.98 Å². The van der Waals surface area contributed by atoms with Crippen LogP contribution in [0.1, 0.15) is 25.0 Å². The molecular formula is C44H30N2S2. The molecule has 4 heteroatoms. The molecule has 6 aromatic carbocycles. The Balaban J connectivity index is 1.22. The van der Waals surface area contributed by atoms with Crippen LogP contribution in [0.15, 0.2) is 165 Å². The van der Waals surface area contributed by atoms with E-state index in [0.29, 0.717) is 0 Å². The Labute approximate surface area is 288 Å². The molecule has 48 heavy (non-hydrogen) atoms. The van der Waals surface area contributed by atoms with Gasteiger partial charge in [-0.1, -0.05) is 128 Å². The Morgan fingerprint density at radius 3 is 1.83 bits per heavy atom. The van der Waals surface area contributed by atoms with E-state index in [4.69, 9.17) is 4.98 Å². The second kappa shape index (κ2) is 10.5. The molecule has 0 spiro atoms. The third-order valence-electron chi connectivity index (χ3n) is 10.0. The van der Waals surface area contributed by atoms with Crippen molar-refractivity contribution in [2.45, 2.75) is 38.8 Å². The lowest BCUT2D eigenvalue weighted by Gasteiger charge is -2.24. The summed E-state index contributed by atoms with van der Waals surface area (Å²) >= 11 is 3.80. The SMILES string of the molecule is CC1(C)c2cc3c(cc2-c2cc4c5ccccc5n(-c5cc(-c6ccccc6)cc(-c6ccccc6)n5)c4cc21)Sc1ccccc1S3. The minimum absolute atomic E-state index is 0.147. The molecule has 0 N–H and O–H groups in total. The van der Waals surface area contributed by atoms with Gasteiger partial charge < -0.3 is 0 Å². The number of rotatable bonds is 3. The van der Waals surface area contributed by atoms with E-state index >= 15 is 0 Å². The molecule has 0 unspecified atom stereocenters. The smallest absolute Gasteiger partial charge is 0.138 e. The van der Waals surface area contributed by atoms with Crippen LogP contribution in [0.25, 0.3) is 61.1 Å². The summed E-state index contributed by atoms with van der Waals surface area (Å²) in [5.74, 6) is 0.927. The van der Waals surface area contributed by atoms with Crippen LogP contribution in [0, 0.1) is 0 Å². The average Bonchev–Trinajstić information content (AvgIpc) is 3.57. The summed E-state index contributed by atoms with van der Waals surface area (Å²) in [7, 11) is 0. The summed E-state index contributed by atoms with van der Waals surface area (Å²) in [6.45, 7) is 4.78. The van der Waals surface area contributed by atoms with Crippen molar-refractivity contribution in [1.82, 2.24) is 9.55 Å². The number of pyridine rings is 1. The predicted octanol–water partition coefficient (Wildman–Crippen LogP) is 12.4. The molecular weight excluding hydrogens is 621 g/mol. The first-order chi connectivity index (χ1) is 23.5. The topological polar surface area (TPSA) is 17.8 Å². The lowest BCUT2D eigenvalue weighted by atomic mass is 9.82. The van der Waals surface area contributed by atoms with E-state index < -0.39 is 0 Å². The number of fused-ring (bicyclic) bond motifs is 8. The Kier molecular flexibility index (Phi) is 6.12. The van der Waals surface area contributed by atoms with Gasteiger partial charge in [0.15, 0.2) is 0 Å². The Morgan fingerprint density at radius 2 is 1.08 bits per heavy atom. The molecule has 0 amide bonds. The number of nitrogens with zero attached hydrogens (tertiary/aromatic N) is 2. The summed E-state index contributed by atoms with van der Waals surface area (Å²) in [4.78, 5) is 10.8. The number of hydrogen-bond donors (Lipinski definition) is 0. The van der Waals surface area contributed by atoms with Gasteiger partial charge in [0.1, 0.15) is 5.82 Å². The molecule has 8 aromatic rings. The molecule has 0 bridgehead atoms. The van der Waals surface area contributed by atoms with Crippen molar-refractivity contribution < 1.29 is 0 Å². The fourth-order valence-corrected chi connectivity index (χ4v) is 9.92. The van der Waals surface area contributed by atoms with E-state index in [2.05, 4.69) is 164 Å². The van der Waals surface area contributed by atoms with Crippen LogP contribution in [-0.2, 0) is 5.41 Å². The van der Waals surface area contributed by atoms with Crippen LogP contribution in [0.4, 0.5) is 0 Å². The van der Waals surface area contributed by atoms with Crippen LogP contribution in [0.3, 0.4) is 0 Å². The summed E-state index contributed by atoms with van der Waals surface area (Å²) in [5, 5.41) is 2.50. The van der Waals surface area contributed by atoms with Gasteiger partial charge >= 0.3 is 0 Å². The molecule has 0 saturated heterocycles. The zero-order valence-electron chi connectivity index (χ0n) is 26.6. The third kappa shape index (κ3) is 4.19. The van der Waals surface area contributed by atoms with Crippen LogP contribution in [0.5, 0.6) is 0 Å². The Hall–Kier alpha value is -5.03. The van der Waals surface area contributed by atoms with Gasteiger partial charge in [0, 0.05) is 41.3 Å². The quantitative estimate of drug-likeness (QED) is 0.189. The van der Waals surface area contributed by atoms with Gasteiger partial charge in [-0.3, -0.25) is 4.57 Å². The van der Waals surface area contributed by atoms with Gasteiger partial charge in [-0.05, 0) is 88.0 Å². The zero-order valence-corrected chi connectivity index (χ0v) is 28.2. The predicted molar refractivity (Wildman–Crippen MR) is 202 cm³/mol. The van der Waals surface area contributed by atoms with E-state index in [1.54, 1.807) is 0 Å². The number of para-hydroxylation sites is 1. The van der Waals surface area contributed by atoms with E-state index in [0.717, 1.165) is 22.6 Å². The molecule has 0 radical (unpaired) electrons. The maximum atomic E-state index is 5.37. The lowest BCUT2D eigenvalue weighted by Crippen LogP contribution is -2.15. The molecule has 2 aliphatic rings.